The molecule has 0 aromatic rings. The smallest absolute Gasteiger partial charge is 0.334 e. The summed E-state index contributed by atoms with van der Waals surface area (Å²) in [5.41, 5.74) is 0.699. The minimum atomic E-state index is -0.926. The highest BCUT2D eigenvalue weighted by molar-refractivity contribution is 9.12. The van der Waals surface area contributed by atoms with Crippen molar-refractivity contribution >= 4 is 33.5 Å². The van der Waals surface area contributed by atoms with Crippen LogP contribution in [0.15, 0.2) is 46.5 Å². The number of rotatable bonds is 4. The summed E-state index contributed by atoms with van der Waals surface area (Å²) in [4.78, 5) is 35.1. The summed E-state index contributed by atoms with van der Waals surface area (Å²) in [6, 6.07) is 0. The van der Waals surface area contributed by atoms with Crippen molar-refractivity contribution in [1.82, 2.24) is 0 Å². The van der Waals surface area contributed by atoms with Gasteiger partial charge in [-0.15, -0.1) is 0 Å². The Hall–Kier alpha value is -1.75. The van der Waals surface area contributed by atoms with E-state index in [0.717, 1.165) is 12.5 Å². The van der Waals surface area contributed by atoms with E-state index >= 15 is 0 Å². The number of ether oxygens (including phenoxy) is 1. The highest BCUT2D eigenvalue weighted by Crippen LogP contribution is 2.27. The van der Waals surface area contributed by atoms with Crippen LogP contribution in [-0.4, -0.2) is 23.6 Å². The maximum Gasteiger partial charge on any atom is 0.334 e. The molecule has 2 aliphatic rings. The lowest BCUT2D eigenvalue weighted by Gasteiger charge is -2.21. The molecule has 0 aromatic heterocycles. The summed E-state index contributed by atoms with van der Waals surface area (Å²) in [5.74, 6) is -1.18. The van der Waals surface area contributed by atoms with Gasteiger partial charge in [-0.25, -0.2) is 4.79 Å². The predicted molar refractivity (Wildman–Crippen MR) is 72.5 cm³/mol. The third kappa shape index (κ3) is 2.66. The van der Waals surface area contributed by atoms with E-state index in [1.165, 1.54) is 12.2 Å². The number of allylic oxidation sites excluding steroid dienone is 4. The summed E-state index contributed by atoms with van der Waals surface area (Å²) >= 11 is 3.06. The zero-order chi connectivity index (χ0) is 14.0. The third-order valence-electron chi connectivity index (χ3n) is 2.90. The van der Waals surface area contributed by atoms with Gasteiger partial charge in [-0.1, -0.05) is 12.7 Å². The normalized spacial score (nSPS) is 19.7. The molecule has 0 fully saturated rings. The van der Waals surface area contributed by atoms with Gasteiger partial charge in [-0.05, 0) is 47.0 Å². The summed E-state index contributed by atoms with van der Waals surface area (Å²) in [5, 5.41) is 0. The fourth-order valence-electron chi connectivity index (χ4n) is 1.71. The van der Waals surface area contributed by atoms with E-state index in [0.29, 0.717) is 12.0 Å². The zero-order valence-electron chi connectivity index (χ0n) is 10.0. The Labute approximate surface area is 118 Å². The van der Waals surface area contributed by atoms with E-state index < -0.39 is 12.1 Å². The van der Waals surface area contributed by atoms with Gasteiger partial charge in [0, 0.05) is 5.57 Å². The molecule has 0 amide bonds. The van der Waals surface area contributed by atoms with Gasteiger partial charge in [0.2, 0.25) is 0 Å². The molecular formula is C14H11BrO4. The third-order valence-corrected chi connectivity index (χ3v) is 3.72. The Morgan fingerprint density at radius 3 is 2.53 bits per heavy atom. The number of carbonyl (C=O) groups excluding carboxylic acids is 3. The first-order valence-electron chi connectivity index (χ1n) is 5.73. The number of hydrogen-bond acceptors (Lipinski definition) is 4. The molecule has 4 nitrogen and oxygen atoms in total. The van der Waals surface area contributed by atoms with Gasteiger partial charge >= 0.3 is 5.97 Å². The van der Waals surface area contributed by atoms with Crippen molar-refractivity contribution in [1.29, 1.82) is 0 Å². The molecule has 0 N–H and O–H groups in total. The molecule has 1 atom stereocenters. The van der Waals surface area contributed by atoms with Crippen molar-refractivity contribution in [2.24, 2.45) is 0 Å². The SMILES string of the molecule is C=C[C@H](OC(=O)C1=CCC1)C1=C(Br)C(=O)C=CC1=O. The van der Waals surface area contributed by atoms with Crippen molar-refractivity contribution in [3.63, 3.8) is 0 Å². The minimum absolute atomic E-state index is 0.107. The molecule has 2 aliphatic carbocycles. The standard InChI is InChI=1S/C14H11BrO4/c1-2-11(19-14(18)8-4-3-5-8)12-9(16)6-7-10(17)13(12)15/h2,4,6-7,11H,1,3,5H2/t11-/m0/s1. The fourth-order valence-corrected chi connectivity index (χ4v) is 2.26. The van der Waals surface area contributed by atoms with Crippen LogP contribution in [-0.2, 0) is 19.1 Å². The maximum absolute atomic E-state index is 11.8. The van der Waals surface area contributed by atoms with E-state index in [2.05, 4.69) is 22.5 Å². The van der Waals surface area contributed by atoms with Crippen molar-refractivity contribution in [3.8, 4) is 0 Å². The fraction of sp³-hybridized carbons (Fsp3) is 0.214. The summed E-state index contributed by atoms with van der Waals surface area (Å²) in [7, 11) is 0. The second-order valence-electron chi connectivity index (χ2n) is 4.12. The lowest BCUT2D eigenvalue weighted by molar-refractivity contribution is -0.141. The molecule has 0 saturated heterocycles. The molecule has 0 spiro atoms. The van der Waals surface area contributed by atoms with Crippen LogP contribution in [0.25, 0.3) is 0 Å². The van der Waals surface area contributed by atoms with Crippen molar-refractivity contribution in [2.75, 3.05) is 0 Å². The summed E-state index contributed by atoms with van der Waals surface area (Å²) < 4.78 is 5.32. The van der Waals surface area contributed by atoms with Crippen LogP contribution in [0, 0.1) is 0 Å². The molecule has 98 valence electrons. The molecule has 19 heavy (non-hydrogen) atoms. The van der Waals surface area contributed by atoms with Gasteiger partial charge in [0.1, 0.15) is 0 Å². The average Bonchev–Trinajstić information content (AvgIpc) is 2.30. The van der Waals surface area contributed by atoms with E-state index in [4.69, 9.17) is 4.74 Å². The van der Waals surface area contributed by atoms with Gasteiger partial charge in [-0.2, -0.15) is 0 Å². The Kier molecular flexibility index (Phi) is 3.95. The Morgan fingerprint density at radius 1 is 1.37 bits per heavy atom. The largest absolute Gasteiger partial charge is 0.450 e. The highest BCUT2D eigenvalue weighted by Gasteiger charge is 2.30. The molecule has 0 heterocycles. The molecule has 0 bridgehead atoms. The van der Waals surface area contributed by atoms with Crippen molar-refractivity contribution < 1.29 is 19.1 Å². The first-order chi connectivity index (χ1) is 9.04. The van der Waals surface area contributed by atoms with Gasteiger partial charge in [-0.3, -0.25) is 9.59 Å². The quantitative estimate of drug-likeness (QED) is 0.452. The topological polar surface area (TPSA) is 60.4 Å². The molecule has 2 rings (SSSR count). The summed E-state index contributed by atoms with van der Waals surface area (Å²) in [6.45, 7) is 3.55. The highest BCUT2D eigenvalue weighted by atomic mass is 79.9. The van der Waals surface area contributed by atoms with E-state index in [1.807, 2.05) is 0 Å². The molecule has 0 saturated carbocycles. The van der Waals surface area contributed by atoms with Crippen LogP contribution in [0.1, 0.15) is 12.8 Å². The molecule has 0 radical (unpaired) electrons. The van der Waals surface area contributed by atoms with Crippen LogP contribution < -0.4 is 0 Å². The summed E-state index contributed by atoms with van der Waals surface area (Å²) in [6.07, 6.45) is 6.05. The second kappa shape index (κ2) is 5.48. The molecule has 5 heteroatoms. The molecule has 0 aromatic carbocycles. The van der Waals surface area contributed by atoms with Crippen LogP contribution in [0.2, 0.25) is 0 Å². The second-order valence-corrected chi connectivity index (χ2v) is 4.91. The van der Waals surface area contributed by atoms with E-state index in [-0.39, 0.29) is 21.6 Å². The maximum atomic E-state index is 11.8. The van der Waals surface area contributed by atoms with E-state index in [9.17, 15) is 14.4 Å². The number of hydrogen-bond donors (Lipinski definition) is 0. The Bertz CT molecular complexity index is 566. The van der Waals surface area contributed by atoms with Crippen LogP contribution in [0.4, 0.5) is 0 Å². The Morgan fingerprint density at radius 2 is 2.00 bits per heavy atom. The Balaban J connectivity index is 2.23. The number of carbonyl (C=O) groups is 3. The lowest BCUT2D eigenvalue weighted by Crippen LogP contribution is -2.27. The first-order valence-corrected chi connectivity index (χ1v) is 6.53. The molecule has 0 unspecified atom stereocenters. The van der Waals surface area contributed by atoms with Crippen molar-refractivity contribution in [2.45, 2.75) is 18.9 Å². The van der Waals surface area contributed by atoms with Crippen molar-refractivity contribution in [3.05, 3.63) is 46.5 Å². The van der Waals surface area contributed by atoms with Gasteiger partial charge < -0.3 is 4.74 Å². The van der Waals surface area contributed by atoms with Crippen LogP contribution in [0.5, 0.6) is 0 Å². The monoisotopic (exact) mass is 322 g/mol. The number of ketones is 2. The number of esters is 1. The van der Waals surface area contributed by atoms with E-state index in [1.54, 1.807) is 6.08 Å². The molecule has 0 aliphatic heterocycles. The minimum Gasteiger partial charge on any atom is -0.450 e. The van der Waals surface area contributed by atoms with Gasteiger partial charge in [0.05, 0.1) is 10.1 Å². The number of halogens is 1. The average molecular weight is 323 g/mol. The first kappa shape index (κ1) is 13.7. The predicted octanol–water partition coefficient (Wildman–Crippen LogP) is 2.16. The van der Waals surface area contributed by atoms with Gasteiger partial charge in [0.25, 0.3) is 0 Å². The zero-order valence-corrected chi connectivity index (χ0v) is 11.6. The van der Waals surface area contributed by atoms with Crippen LogP contribution >= 0.6 is 15.9 Å². The van der Waals surface area contributed by atoms with Crippen LogP contribution in [0.3, 0.4) is 0 Å². The van der Waals surface area contributed by atoms with Gasteiger partial charge in [0.15, 0.2) is 17.7 Å². The molecular weight excluding hydrogens is 312 g/mol. The lowest BCUT2D eigenvalue weighted by atomic mass is 9.97.